The summed E-state index contributed by atoms with van der Waals surface area (Å²) in [7, 11) is 1.94. The summed E-state index contributed by atoms with van der Waals surface area (Å²) in [5.41, 5.74) is 4.29. The molecule has 0 heterocycles. The zero-order valence-electron chi connectivity index (χ0n) is 10.6. The Balaban J connectivity index is 2.60. The standard InChI is InChI=1S/C13H16N4O/c1-11(18)16-15-10-12-4-6-13(7-5-12)17(2)9-3-8-14/h4-7,10H,3,9H2,1-2H3,(H,16,18). The van der Waals surface area contributed by atoms with Crippen LogP contribution >= 0.6 is 0 Å². The Kier molecular flexibility index (Phi) is 5.39. The number of rotatable bonds is 5. The van der Waals surface area contributed by atoms with Gasteiger partial charge in [-0.1, -0.05) is 12.1 Å². The number of amides is 1. The van der Waals surface area contributed by atoms with Crippen molar-refractivity contribution in [1.29, 1.82) is 5.26 Å². The van der Waals surface area contributed by atoms with Crippen molar-refractivity contribution in [2.24, 2.45) is 5.10 Å². The van der Waals surface area contributed by atoms with Gasteiger partial charge < -0.3 is 4.90 Å². The maximum absolute atomic E-state index is 10.6. The Labute approximate surface area is 107 Å². The molecule has 0 saturated heterocycles. The van der Waals surface area contributed by atoms with Gasteiger partial charge in [0, 0.05) is 26.2 Å². The molecule has 1 N–H and O–H groups in total. The van der Waals surface area contributed by atoms with Crippen LogP contribution in [0, 0.1) is 11.3 Å². The lowest BCUT2D eigenvalue weighted by Gasteiger charge is -2.17. The number of benzene rings is 1. The predicted molar refractivity (Wildman–Crippen MR) is 71.4 cm³/mol. The van der Waals surface area contributed by atoms with E-state index in [4.69, 9.17) is 5.26 Å². The SMILES string of the molecule is CC(=O)NN=Cc1ccc(N(C)CCC#N)cc1. The largest absolute Gasteiger partial charge is 0.374 e. The molecule has 0 aliphatic rings. The number of carbonyl (C=O) groups excluding carboxylic acids is 1. The van der Waals surface area contributed by atoms with E-state index in [-0.39, 0.29) is 5.91 Å². The maximum atomic E-state index is 10.6. The number of nitrogens with zero attached hydrogens (tertiary/aromatic N) is 3. The van der Waals surface area contributed by atoms with Crippen LogP contribution in [0.3, 0.4) is 0 Å². The quantitative estimate of drug-likeness (QED) is 0.630. The lowest BCUT2D eigenvalue weighted by atomic mass is 10.2. The monoisotopic (exact) mass is 244 g/mol. The summed E-state index contributed by atoms with van der Waals surface area (Å²) in [6.45, 7) is 2.11. The number of hydrogen-bond donors (Lipinski definition) is 1. The van der Waals surface area contributed by atoms with Crippen LogP contribution in [-0.2, 0) is 4.79 Å². The Hall–Kier alpha value is -2.35. The number of nitrogens with one attached hydrogen (secondary N) is 1. The lowest BCUT2D eigenvalue weighted by Crippen LogP contribution is -2.17. The summed E-state index contributed by atoms with van der Waals surface area (Å²) >= 11 is 0. The summed E-state index contributed by atoms with van der Waals surface area (Å²) < 4.78 is 0. The summed E-state index contributed by atoms with van der Waals surface area (Å²) in [5.74, 6) is -0.195. The predicted octanol–water partition coefficient (Wildman–Crippen LogP) is 1.51. The minimum atomic E-state index is -0.195. The van der Waals surface area contributed by atoms with E-state index in [1.54, 1.807) is 6.21 Å². The van der Waals surface area contributed by atoms with Gasteiger partial charge in [0.15, 0.2) is 0 Å². The number of nitriles is 1. The van der Waals surface area contributed by atoms with E-state index in [1.165, 1.54) is 6.92 Å². The maximum Gasteiger partial charge on any atom is 0.236 e. The highest BCUT2D eigenvalue weighted by atomic mass is 16.2. The first-order valence-electron chi connectivity index (χ1n) is 5.61. The second-order valence-electron chi connectivity index (χ2n) is 3.85. The Morgan fingerprint density at radius 2 is 2.17 bits per heavy atom. The summed E-state index contributed by atoms with van der Waals surface area (Å²) in [6.07, 6.45) is 2.09. The van der Waals surface area contributed by atoms with E-state index in [0.717, 1.165) is 11.3 Å². The molecule has 1 amide bonds. The lowest BCUT2D eigenvalue weighted by molar-refractivity contribution is -0.118. The smallest absolute Gasteiger partial charge is 0.236 e. The van der Waals surface area contributed by atoms with Gasteiger partial charge in [-0.2, -0.15) is 10.4 Å². The van der Waals surface area contributed by atoms with Gasteiger partial charge in [0.2, 0.25) is 5.91 Å². The molecular weight excluding hydrogens is 228 g/mol. The van der Waals surface area contributed by atoms with Gasteiger partial charge in [0.05, 0.1) is 18.7 Å². The molecule has 18 heavy (non-hydrogen) atoms. The second-order valence-corrected chi connectivity index (χ2v) is 3.85. The van der Waals surface area contributed by atoms with Crippen LogP contribution in [0.15, 0.2) is 29.4 Å². The van der Waals surface area contributed by atoms with Gasteiger partial charge >= 0.3 is 0 Å². The Morgan fingerprint density at radius 3 is 2.72 bits per heavy atom. The van der Waals surface area contributed by atoms with E-state index in [9.17, 15) is 4.79 Å². The Bertz CT molecular complexity index is 459. The van der Waals surface area contributed by atoms with Gasteiger partial charge in [-0.05, 0) is 17.7 Å². The highest BCUT2D eigenvalue weighted by Crippen LogP contribution is 2.13. The van der Waals surface area contributed by atoms with Crippen LogP contribution in [0.5, 0.6) is 0 Å². The first-order valence-corrected chi connectivity index (χ1v) is 5.61. The number of carbonyl (C=O) groups is 1. The summed E-state index contributed by atoms with van der Waals surface area (Å²) in [6, 6.07) is 9.83. The molecule has 1 rings (SSSR count). The molecule has 1 aromatic rings. The molecule has 0 unspecified atom stereocenters. The van der Waals surface area contributed by atoms with E-state index < -0.39 is 0 Å². The van der Waals surface area contributed by atoms with Gasteiger partial charge in [0.25, 0.3) is 0 Å². The van der Waals surface area contributed by atoms with Crippen molar-refractivity contribution >= 4 is 17.8 Å². The van der Waals surface area contributed by atoms with Crippen molar-refractivity contribution in [2.75, 3.05) is 18.5 Å². The van der Waals surface area contributed by atoms with Crippen LogP contribution in [0.4, 0.5) is 5.69 Å². The van der Waals surface area contributed by atoms with E-state index in [2.05, 4.69) is 16.6 Å². The van der Waals surface area contributed by atoms with Gasteiger partial charge in [0.1, 0.15) is 0 Å². The molecule has 0 spiro atoms. The number of anilines is 1. The fraction of sp³-hybridized carbons (Fsp3) is 0.308. The molecule has 0 radical (unpaired) electrons. The summed E-state index contributed by atoms with van der Waals surface area (Å²) in [4.78, 5) is 12.6. The van der Waals surface area contributed by atoms with E-state index in [1.807, 2.05) is 36.2 Å². The first kappa shape index (κ1) is 13.7. The van der Waals surface area contributed by atoms with Crippen LogP contribution in [0.2, 0.25) is 0 Å². The molecule has 1 aromatic carbocycles. The van der Waals surface area contributed by atoms with Crippen LogP contribution in [-0.4, -0.2) is 25.7 Å². The molecule has 5 heteroatoms. The van der Waals surface area contributed by atoms with Crippen molar-refractivity contribution in [3.8, 4) is 6.07 Å². The fourth-order valence-electron chi connectivity index (χ4n) is 1.36. The zero-order valence-corrected chi connectivity index (χ0v) is 10.6. The molecule has 0 fully saturated rings. The second kappa shape index (κ2) is 7.07. The normalized spacial score (nSPS) is 10.1. The molecule has 0 aromatic heterocycles. The molecular formula is C13H16N4O. The third-order valence-corrected chi connectivity index (χ3v) is 2.33. The van der Waals surface area contributed by atoms with Crippen LogP contribution in [0.1, 0.15) is 18.9 Å². The minimum absolute atomic E-state index is 0.195. The molecule has 94 valence electrons. The molecule has 0 aliphatic carbocycles. The minimum Gasteiger partial charge on any atom is -0.374 e. The topological polar surface area (TPSA) is 68.5 Å². The van der Waals surface area contributed by atoms with E-state index >= 15 is 0 Å². The average Bonchev–Trinajstić information content (AvgIpc) is 2.36. The highest BCUT2D eigenvalue weighted by Gasteiger charge is 1.99. The van der Waals surface area contributed by atoms with Crippen molar-refractivity contribution < 1.29 is 4.79 Å². The number of hydrogen-bond acceptors (Lipinski definition) is 4. The van der Waals surface area contributed by atoms with Crippen molar-refractivity contribution in [2.45, 2.75) is 13.3 Å². The summed E-state index contributed by atoms with van der Waals surface area (Å²) in [5, 5.41) is 12.3. The van der Waals surface area contributed by atoms with Gasteiger partial charge in [-0.15, -0.1) is 0 Å². The molecule has 0 bridgehead atoms. The van der Waals surface area contributed by atoms with Crippen molar-refractivity contribution in [1.82, 2.24) is 5.43 Å². The molecule has 5 nitrogen and oxygen atoms in total. The third-order valence-electron chi connectivity index (χ3n) is 2.33. The van der Waals surface area contributed by atoms with Crippen molar-refractivity contribution in [3.05, 3.63) is 29.8 Å². The average molecular weight is 244 g/mol. The van der Waals surface area contributed by atoms with E-state index in [0.29, 0.717) is 13.0 Å². The van der Waals surface area contributed by atoms with Crippen molar-refractivity contribution in [3.63, 3.8) is 0 Å². The molecule has 0 atom stereocenters. The fourth-order valence-corrected chi connectivity index (χ4v) is 1.36. The van der Waals surface area contributed by atoms with Gasteiger partial charge in [-0.3, -0.25) is 4.79 Å². The molecule has 0 aliphatic heterocycles. The zero-order chi connectivity index (χ0) is 13.4. The highest BCUT2D eigenvalue weighted by molar-refractivity contribution is 5.82. The Morgan fingerprint density at radius 1 is 1.50 bits per heavy atom. The molecule has 0 saturated carbocycles. The number of hydrazone groups is 1. The van der Waals surface area contributed by atoms with Crippen LogP contribution in [0.25, 0.3) is 0 Å². The van der Waals surface area contributed by atoms with Crippen LogP contribution < -0.4 is 10.3 Å². The first-order chi connectivity index (χ1) is 8.63. The van der Waals surface area contributed by atoms with Gasteiger partial charge in [-0.25, -0.2) is 5.43 Å². The third kappa shape index (κ3) is 4.66.